The Morgan fingerprint density at radius 2 is 2.00 bits per heavy atom. The number of nitro groups is 1. The Kier molecular flexibility index (Phi) is 3.47. The Balaban J connectivity index is 2.29. The highest BCUT2D eigenvalue weighted by Gasteiger charge is 2.24. The Labute approximate surface area is 71.7 Å². The highest BCUT2D eigenvalue weighted by Crippen LogP contribution is 2.26. The van der Waals surface area contributed by atoms with E-state index in [-0.39, 0.29) is 12.5 Å². The lowest BCUT2D eigenvalue weighted by atomic mass is 9.85. The van der Waals surface area contributed by atoms with Gasteiger partial charge in [-0.1, -0.05) is 19.3 Å². The summed E-state index contributed by atoms with van der Waals surface area (Å²) < 4.78 is 0. The molecular formula is C8H15NO3. The molecule has 12 heavy (non-hydrogen) atoms. The summed E-state index contributed by atoms with van der Waals surface area (Å²) in [6.45, 7) is -0.287. The number of aliphatic hydroxyl groups is 1. The third-order valence-electron chi connectivity index (χ3n) is 2.53. The van der Waals surface area contributed by atoms with Gasteiger partial charge in [-0.2, -0.15) is 0 Å². The highest BCUT2D eigenvalue weighted by atomic mass is 16.6. The smallest absolute Gasteiger partial charge is 0.229 e. The summed E-state index contributed by atoms with van der Waals surface area (Å²) in [5, 5.41) is 19.5. The molecule has 1 N–H and O–H groups in total. The Bertz CT molecular complexity index is 154. The average molecular weight is 173 g/mol. The van der Waals surface area contributed by atoms with Crippen LogP contribution in [0.3, 0.4) is 0 Å². The maximum absolute atomic E-state index is 10.1. The molecule has 1 aliphatic rings. The van der Waals surface area contributed by atoms with Crippen molar-refractivity contribution < 1.29 is 10.0 Å². The molecule has 0 amide bonds. The zero-order chi connectivity index (χ0) is 8.97. The van der Waals surface area contributed by atoms with Crippen LogP contribution >= 0.6 is 0 Å². The summed E-state index contributed by atoms with van der Waals surface area (Å²) in [7, 11) is 0. The van der Waals surface area contributed by atoms with Crippen molar-refractivity contribution in [3.8, 4) is 0 Å². The predicted molar refractivity (Wildman–Crippen MR) is 44.4 cm³/mol. The molecule has 4 heteroatoms. The number of nitrogens with zero attached hydrogens (tertiary/aromatic N) is 1. The quantitative estimate of drug-likeness (QED) is 0.515. The first kappa shape index (κ1) is 9.45. The van der Waals surface area contributed by atoms with E-state index in [0.717, 1.165) is 25.7 Å². The second-order valence-corrected chi connectivity index (χ2v) is 3.48. The Morgan fingerprint density at radius 1 is 1.42 bits per heavy atom. The number of rotatable bonds is 3. The van der Waals surface area contributed by atoms with Crippen molar-refractivity contribution >= 4 is 0 Å². The second-order valence-electron chi connectivity index (χ2n) is 3.48. The zero-order valence-corrected chi connectivity index (χ0v) is 7.11. The van der Waals surface area contributed by atoms with Crippen molar-refractivity contribution in [2.45, 2.75) is 38.2 Å². The van der Waals surface area contributed by atoms with Crippen LogP contribution in [0.2, 0.25) is 0 Å². The van der Waals surface area contributed by atoms with E-state index in [1.54, 1.807) is 0 Å². The van der Waals surface area contributed by atoms with Crippen molar-refractivity contribution in [3.63, 3.8) is 0 Å². The fourth-order valence-electron chi connectivity index (χ4n) is 1.82. The van der Waals surface area contributed by atoms with E-state index >= 15 is 0 Å². The minimum absolute atomic E-state index is 0.171. The van der Waals surface area contributed by atoms with Gasteiger partial charge in [0, 0.05) is 4.92 Å². The topological polar surface area (TPSA) is 63.4 Å². The van der Waals surface area contributed by atoms with Gasteiger partial charge in [0.05, 0.1) is 0 Å². The van der Waals surface area contributed by atoms with Crippen LogP contribution in [0.25, 0.3) is 0 Å². The minimum Gasteiger partial charge on any atom is -0.386 e. The van der Waals surface area contributed by atoms with Gasteiger partial charge < -0.3 is 5.11 Å². The maximum Gasteiger partial charge on any atom is 0.229 e. The van der Waals surface area contributed by atoms with Gasteiger partial charge in [0.2, 0.25) is 6.54 Å². The van der Waals surface area contributed by atoms with Gasteiger partial charge >= 0.3 is 0 Å². The summed E-state index contributed by atoms with van der Waals surface area (Å²) in [4.78, 5) is 9.67. The minimum atomic E-state index is -0.722. The first-order valence-corrected chi connectivity index (χ1v) is 4.50. The second kappa shape index (κ2) is 4.40. The van der Waals surface area contributed by atoms with Gasteiger partial charge in [0.25, 0.3) is 0 Å². The van der Waals surface area contributed by atoms with Crippen LogP contribution in [-0.2, 0) is 0 Å². The Morgan fingerprint density at radius 3 is 2.50 bits per heavy atom. The summed E-state index contributed by atoms with van der Waals surface area (Å²) in [6, 6.07) is 0. The van der Waals surface area contributed by atoms with Gasteiger partial charge in [-0.15, -0.1) is 0 Å². The van der Waals surface area contributed by atoms with Gasteiger partial charge in [-0.3, -0.25) is 10.1 Å². The van der Waals surface area contributed by atoms with Crippen molar-refractivity contribution in [2.24, 2.45) is 5.92 Å². The van der Waals surface area contributed by atoms with Gasteiger partial charge in [-0.05, 0) is 18.8 Å². The Hall–Kier alpha value is -0.640. The summed E-state index contributed by atoms with van der Waals surface area (Å²) in [6.07, 6.45) is 4.62. The molecule has 0 aromatic heterocycles. The lowest BCUT2D eigenvalue weighted by Crippen LogP contribution is -2.29. The molecule has 0 aromatic rings. The fourth-order valence-corrected chi connectivity index (χ4v) is 1.82. The largest absolute Gasteiger partial charge is 0.386 e. The van der Waals surface area contributed by atoms with E-state index in [4.69, 9.17) is 0 Å². The molecule has 0 heterocycles. The van der Waals surface area contributed by atoms with Crippen molar-refractivity contribution in [1.29, 1.82) is 0 Å². The predicted octanol–water partition coefficient (Wildman–Crippen LogP) is 1.20. The van der Waals surface area contributed by atoms with E-state index < -0.39 is 11.0 Å². The molecule has 0 aliphatic heterocycles. The number of hydrogen-bond acceptors (Lipinski definition) is 3. The first-order valence-electron chi connectivity index (χ1n) is 4.50. The fraction of sp³-hybridized carbons (Fsp3) is 1.00. The molecule has 1 atom stereocenters. The van der Waals surface area contributed by atoms with Crippen LogP contribution in [0.5, 0.6) is 0 Å². The SMILES string of the molecule is O=[N+]([O-])C[C@H](O)C1CCCCC1. The number of hydrogen-bond donors (Lipinski definition) is 1. The van der Waals surface area contributed by atoms with E-state index in [0.29, 0.717) is 0 Å². The monoisotopic (exact) mass is 173 g/mol. The van der Waals surface area contributed by atoms with Crippen LogP contribution in [0.1, 0.15) is 32.1 Å². The molecule has 0 bridgehead atoms. The third kappa shape index (κ3) is 2.77. The van der Waals surface area contributed by atoms with Gasteiger partial charge in [0.1, 0.15) is 6.10 Å². The molecule has 0 spiro atoms. The van der Waals surface area contributed by atoms with E-state index in [1.165, 1.54) is 6.42 Å². The summed E-state index contributed by atoms with van der Waals surface area (Å²) in [5.41, 5.74) is 0. The van der Waals surface area contributed by atoms with Crippen molar-refractivity contribution in [1.82, 2.24) is 0 Å². The van der Waals surface area contributed by atoms with Crippen LogP contribution in [0, 0.1) is 16.0 Å². The molecule has 0 saturated heterocycles. The van der Waals surface area contributed by atoms with Gasteiger partial charge in [-0.25, -0.2) is 0 Å². The maximum atomic E-state index is 10.1. The highest BCUT2D eigenvalue weighted by molar-refractivity contribution is 4.72. The van der Waals surface area contributed by atoms with Crippen molar-refractivity contribution in [2.75, 3.05) is 6.54 Å². The van der Waals surface area contributed by atoms with E-state index in [1.807, 2.05) is 0 Å². The summed E-state index contributed by atoms with van der Waals surface area (Å²) >= 11 is 0. The molecule has 4 nitrogen and oxygen atoms in total. The lowest BCUT2D eigenvalue weighted by Gasteiger charge is -2.23. The first-order chi connectivity index (χ1) is 5.70. The van der Waals surface area contributed by atoms with E-state index in [2.05, 4.69) is 0 Å². The molecule has 1 fully saturated rings. The normalized spacial score (nSPS) is 22.1. The average Bonchev–Trinajstić information content (AvgIpc) is 2.05. The molecule has 0 radical (unpaired) electrons. The van der Waals surface area contributed by atoms with Crippen LogP contribution in [0.15, 0.2) is 0 Å². The standard InChI is InChI=1S/C8H15NO3/c10-8(6-9(11)12)7-4-2-1-3-5-7/h7-8,10H,1-6H2/t8-/m0/s1. The number of aliphatic hydroxyl groups excluding tert-OH is 1. The van der Waals surface area contributed by atoms with E-state index in [9.17, 15) is 15.2 Å². The molecular weight excluding hydrogens is 158 g/mol. The molecule has 1 aliphatic carbocycles. The van der Waals surface area contributed by atoms with Crippen LogP contribution < -0.4 is 0 Å². The third-order valence-corrected chi connectivity index (χ3v) is 2.53. The lowest BCUT2D eigenvalue weighted by molar-refractivity contribution is -0.492. The molecule has 1 saturated carbocycles. The summed E-state index contributed by atoms with van der Waals surface area (Å²) in [5.74, 6) is 0.171. The zero-order valence-electron chi connectivity index (χ0n) is 7.11. The van der Waals surface area contributed by atoms with Gasteiger partial charge in [0.15, 0.2) is 0 Å². The molecule has 70 valence electrons. The van der Waals surface area contributed by atoms with Crippen LogP contribution in [-0.4, -0.2) is 22.7 Å². The van der Waals surface area contributed by atoms with Crippen LogP contribution in [0.4, 0.5) is 0 Å². The molecule has 1 rings (SSSR count). The molecule has 0 aromatic carbocycles. The molecule has 0 unspecified atom stereocenters. The van der Waals surface area contributed by atoms with Crippen molar-refractivity contribution in [3.05, 3.63) is 10.1 Å².